The van der Waals surface area contributed by atoms with Crippen LogP contribution in [0.25, 0.3) is 0 Å². The number of nitrogens with zero attached hydrogens (tertiary/aromatic N) is 1. The lowest BCUT2D eigenvalue weighted by atomic mass is 10.0. The molecule has 408 valence electrons. The van der Waals surface area contributed by atoms with E-state index in [1.807, 2.05) is 27.2 Å². The van der Waals surface area contributed by atoms with Crippen LogP contribution in [0.2, 0.25) is 0 Å². The van der Waals surface area contributed by atoms with Gasteiger partial charge in [-0.2, -0.15) is 0 Å². The number of allylic oxidation sites excluding steroid dienone is 5. The second kappa shape index (κ2) is 51.6. The molecule has 2 N–H and O–H groups in total. The Hall–Kier alpha value is -1.28. The summed E-state index contributed by atoms with van der Waals surface area (Å²) in [6.07, 6.45) is 67.4. The van der Waals surface area contributed by atoms with Crippen LogP contribution in [0.5, 0.6) is 0 Å². The number of carbonyl (C=O) groups is 1. The van der Waals surface area contributed by atoms with Gasteiger partial charge in [0.15, 0.2) is 0 Å². The Balaban J connectivity index is 3.66. The van der Waals surface area contributed by atoms with Crippen molar-refractivity contribution in [3.63, 3.8) is 0 Å². The van der Waals surface area contributed by atoms with E-state index in [0.717, 1.165) is 51.4 Å². The summed E-state index contributed by atoms with van der Waals surface area (Å²) in [5, 5.41) is 13.7. The summed E-state index contributed by atoms with van der Waals surface area (Å²) in [6.45, 7) is 4.57. The minimum Gasteiger partial charge on any atom is -0.756 e. The number of likely N-dealkylation sites (N-methyl/N-ethyl adjacent to an activating group) is 1. The van der Waals surface area contributed by atoms with Crippen molar-refractivity contribution in [1.82, 2.24) is 5.32 Å². The number of phosphoric ester groups is 1. The summed E-state index contributed by atoms with van der Waals surface area (Å²) < 4.78 is 23.1. The number of aliphatic hydroxyl groups is 1. The summed E-state index contributed by atoms with van der Waals surface area (Å²) >= 11 is 0. The third-order valence-electron chi connectivity index (χ3n) is 13.6. The van der Waals surface area contributed by atoms with E-state index in [2.05, 4.69) is 43.5 Å². The van der Waals surface area contributed by atoms with Gasteiger partial charge in [0.25, 0.3) is 7.82 Å². The molecule has 0 saturated heterocycles. The third kappa shape index (κ3) is 54.3. The van der Waals surface area contributed by atoms with Gasteiger partial charge < -0.3 is 28.8 Å². The lowest BCUT2D eigenvalue weighted by Gasteiger charge is -2.29. The highest BCUT2D eigenvalue weighted by Crippen LogP contribution is 2.38. The highest BCUT2D eigenvalue weighted by molar-refractivity contribution is 7.45. The first kappa shape index (κ1) is 67.7. The number of hydrogen-bond donors (Lipinski definition) is 2. The normalized spacial score (nSPS) is 14.1. The van der Waals surface area contributed by atoms with Gasteiger partial charge in [-0.15, -0.1) is 0 Å². The van der Waals surface area contributed by atoms with E-state index in [0.29, 0.717) is 17.4 Å². The van der Waals surface area contributed by atoms with Crippen LogP contribution in [0.3, 0.4) is 0 Å². The maximum Gasteiger partial charge on any atom is 0.268 e. The van der Waals surface area contributed by atoms with E-state index in [4.69, 9.17) is 9.05 Å². The zero-order valence-corrected chi connectivity index (χ0v) is 47.4. The Labute approximate surface area is 429 Å². The van der Waals surface area contributed by atoms with Gasteiger partial charge in [0, 0.05) is 6.42 Å². The van der Waals surface area contributed by atoms with E-state index < -0.39 is 20.0 Å². The number of amides is 1. The van der Waals surface area contributed by atoms with Crippen LogP contribution in [0, 0.1) is 0 Å². The highest BCUT2D eigenvalue weighted by atomic mass is 31.2. The SMILES string of the molecule is CCCCCC/C=C/C(O)C(COP(=O)([O-])OCC[N+](C)(C)C)NC(=O)CCCCCCCCCCCCCCCCCCCCCCCCCCCCCCC/C=C\C/C=C\CCCCCCC. The Bertz CT molecular complexity index is 1220. The molecule has 0 bridgehead atoms. The van der Waals surface area contributed by atoms with Gasteiger partial charge in [-0.3, -0.25) is 9.36 Å². The fourth-order valence-corrected chi connectivity index (χ4v) is 9.61. The number of quaternary nitrogens is 1. The van der Waals surface area contributed by atoms with Crippen molar-refractivity contribution in [3.8, 4) is 0 Å². The molecule has 0 aliphatic carbocycles. The lowest BCUT2D eigenvalue weighted by Crippen LogP contribution is -2.45. The Morgan fingerprint density at radius 3 is 1.22 bits per heavy atom. The molecule has 0 spiro atoms. The molecule has 0 saturated carbocycles. The quantitative estimate of drug-likeness (QED) is 0.0272. The molecule has 0 aromatic rings. The Kier molecular flexibility index (Phi) is 50.7. The number of unbranched alkanes of at least 4 members (excludes halogenated alkanes) is 38. The second-order valence-corrected chi connectivity index (χ2v) is 23.1. The van der Waals surface area contributed by atoms with Crippen molar-refractivity contribution in [3.05, 3.63) is 36.5 Å². The van der Waals surface area contributed by atoms with E-state index in [1.165, 1.54) is 218 Å². The largest absolute Gasteiger partial charge is 0.756 e. The molecular formula is C60H117N2O6P. The van der Waals surface area contributed by atoms with Crippen molar-refractivity contribution in [1.29, 1.82) is 0 Å². The fraction of sp³-hybridized carbons (Fsp3) is 0.883. The van der Waals surface area contributed by atoms with Gasteiger partial charge in [0.2, 0.25) is 5.91 Å². The number of hydrogen-bond acceptors (Lipinski definition) is 6. The molecule has 69 heavy (non-hydrogen) atoms. The molecule has 0 rings (SSSR count). The molecule has 3 atom stereocenters. The lowest BCUT2D eigenvalue weighted by molar-refractivity contribution is -0.870. The predicted octanol–water partition coefficient (Wildman–Crippen LogP) is 17.5. The smallest absolute Gasteiger partial charge is 0.268 e. The molecule has 0 aromatic heterocycles. The van der Waals surface area contributed by atoms with Crippen LogP contribution < -0.4 is 10.2 Å². The molecular weight excluding hydrogens is 876 g/mol. The molecule has 1 amide bonds. The summed E-state index contributed by atoms with van der Waals surface area (Å²) in [6, 6.07) is -0.880. The standard InChI is InChI=1S/C60H117N2O6P/c1-6-8-10-12-14-15-16-17-18-19-20-21-22-23-24-25-26-27-28-29-30-31-32-33-34-35-36-37-38-39-40-41-42-43-44-45-46-47-48-50-52-54-60(64)61-58(59(63)53-51-49-13-11-9-7-2)57-68-69(65,66)67-56-55-62(3,4)5/h16-17,19-20,51,53,58-59,63H,6-15,18,21-50,52,54-57H2,1-5H3,(H-,61,64,65,66)/b17-16-,20-19-,53-51+. The molecule has 0 heterocycles. The van der Waals surface area contributed by atoms with Crippen molar-refractivity contribution < 1.29 is 32.9 Å². The van der Waals surface area contributed by atoms with Gasteiger partial charge in [-0.25, -0.2) is 0 Å². The molecule has 0 radical (unpaired) electrons. The van der Waals surface area contributed by atoms with Gasteiger partial charge >= 0.3 is 0 Å². The van der Waals surface area contributed by atoms with Crippen molar-refractivity contribution >= 4 is 13.7 Å². The maximum absolute atomic E-state index is 12.8. The van der Waals surface area contributed by atoms with Crippen LogP contribution in [0.4, 0.5) is 0 Å². The van der Waals surface area contributed by atoms with Crippen LogP contribution in [0.1, 0.15) is 290 Å². The summed E-state index contributed by atoms with van der Waals surface area (Å²) in [4.78, 5) is 25.2. The third-order valence-corrected chi connectivity index (χ3v) is 14.6. The number of aliphatic hydroxyl groups excluding tert-OH is 1. The Morgan fingerprint density at radius 1 is 0.507 bits per heavy atom. The molecule has 9 heteroatoms. The minimum atomic E-state index is -4.58. The van der Waals surface area contributed by atoms with Crippen molar-refractivity contribution in [2.75, 3.05) is 40.9 Å². The summed E-state index contributed by atoms with van der Waals surface area (Å²) in [5.74, 6) is -0.198. The molecule has 0 aliphatic heterocycles. The molecule has 0 aliphatic rings. The average Bonchev–Trinajstić information content (AvgIpc) is 3.31. The van der Waals surface area contributed by atoms with Gasteiger partial charge in [0.05, 0.1) is 39.9 Å². The molecule has 8 nitrogen and oxygen atoms in total. The zero-order valence-electron chi connectivity index (χ0n) is 46.5. The molecule has 0 fully saturated rings. The van der Waals surface area contributed by atoms with Gasteiger partial charge in [0.1, 0.15) is 13.2 Å². The topological polar surface area (TPSA) is 108 Å². The van der Waals surface area contributed by atoms with Crippen molar-refractivity contribution in [2.45, 2.75) is 302 Å². The Morgan fingerprint density at radius 2 is 0.841 bits per heavy atom. The van der Waals surface area contributed by atoms with Gasteiger partial charge in [-0.1, -0.05) is 269 Å². The molecule has 3 unspecified atom stereocenters. The van der Waals surface area contributed by atoms with Crippen LogP contribution in [-0.4, -0.2) is 68.5 Å². The number of phosphoric acid groups is 1. The summed E-state index contributed by atoms with van der Waals surface area (Å²) in [7, 11) is 1.27. The summed E-state index contributed by atoms with van der Waals surface area (Å²) in [5.41, 5.74) is 0. The fourth-order valence-electron chi connectivity index (χ4n) is 8.89. The maximum atomic E-state index is 12.8. The van der Waals surface area contributed by atoms with E-state index >= 15 is 0 Å². The first-order valence-electron chi connectivity index (χ1n) is 29.9. The van der Waals surface area contributed by atoms with Crippen LogP contribution in [0.15, 0.2) is 36.5 Å². The monoisotopic (exact) mass is 993 g/mol. The number of nitrogens with one attached hydrogen (secondary N) is 1. The number of carbonyl (C=O) groups excluding carboxylic acids is 1. The van der Waals surface area contributed by atoms with E-state index in [-0.39, 0.29) is 19.1 Å². The number of rotatable bonds is 55. The first-order chi connectivity index (χ1) is 33.5. The second-order valence-electron chi connectivity index (χ2n) is 21.7. The van der Waals surface area contributed by atoms with Crippen LogP contribution >= 0.6 is 7.82 Å². The predicted molar refractivity (Wildman–Crippen MR) is 298 cm³/mol. The molecule has 0 aromatic carbocycles. The van der Waals surface area contributed by atoms with E-state index in [1.54, 1.807) is 6.08 Å². The van der Waals surface area contributed by atoms with Crippen molar-refractivity contribution in [2.24, 2.45) is 0 Å². The zero-order chi connectivity index (χ0) is 50.6. The van der Waals surface area contributed by atoms with Gasteiger partial charge in [-0.05, 0) is 51.4 Å². The first-order valence-corrected chi connectivity index (χ1v) is 31.3. The highest BCUT2D eigenvalue weighted by Gasteiger charge is 2.23. The van der Waals surface area contributed by atoms with Crippen LogP contribution in [-0.2, 0) is 18.4 Å². The van der Waals surface area contributed by atoms with E-state index in [9.17, 15) is 19.4 Å². The minimum absolute atomic E-state index is 0.000177. The average molecular weight is 994 g/mol.